The Morgan fingerprint density at radius 2 is 2.00 bits per heavy atom. The van der Waals surface area contributed by atoms with Gasteiger partial charge in [-0.3, -0.25) is 0 Å². The quantitative estimate of drug-likeness (QED) is 0.766. The first kappa shape index (κ1) is 10.2. The number of nitrogens with zero attached hydrogens (tertiary/aromatic N) is 1. The van der Waals surface area contributed by atoms with Crippen LogP contribution in [0.15, 0.2) is 24.3 Å². The fourth-order valence-electron chi connectivity index (χ4n) is 1.29. The van der Waals surface area contributed by atoms with Crippen molar-refractivity contribution in [2.45, 2.75) is 6.04 Å². The molecule has 2 nitrogen and oxygen atoms in total. The molecule has 0 saturated carbocycles. The van der Waals surface area contributed by atoms with Crippen LogP contribution in [0, 0.1) is 5.82 Å². The molecule has 1 aromatic carbocycles. The average Bonchev–Trinajstić information content (AvgIpc) is 2.09. The van der Waals surface area contributed by atoms with Crippen LogP contribution in [0.5, 0.6) is 0 Å². The molecule has 0 amide bonds. The number of hydrogen-bond acceptors (Lipinski definition) is 2. The molecule has 0 aromatic heterocycles. The Bertz CT molecular complexity index is 275. The Morgan fingerprint density at radius 1 is 1.38 bits per heavy atom. The molecule has 0 heterocycles. The van der Waals surface area contributed by atoms with E-state index in [1.165, 1.54) is 6.07 Å². The van der Waals surface area contributed by atoms with Crippen LogP contribution in [0.1, 0.15) is 11.6 Å². The summed E-state index contributed by atoms with van der Waals surface area (Å²) in [4.78, 5) is 1.79. The smallest absolute Gasteiger partial charge is 0.128 e. The molecule has 0 radical (unpaired) electrons. The topological polar surface area (TPSA) is 23.5 Å². The van der Waals surface area contributed by atoms with E-state index < -0.39 is 0 Å². The SMILES string of the molecule is CN(C)C(CO)c1ccccc1F. The van der Waals surface area contributed by atoms with Crippen molar-refractivity contribution in [3.8, 4) is 0 Å². The molecular weight excluding hydrogens is 169 g/mol. The number of halogens is 1. The van der Waals surface area contributed by atoms with E-state index in [9.17, 15) is 4.39 Å². The highest BCUT2D eigenvalue weighted by atomic mass is 19.1. The molecule has 3 heteroatoms. The lowest BCUT2D eigenvalue weighted by Crippen LogP contribution is -2.23. The minimum absolute atomic E-state index is 0.0755. The molecule has 0 spiro atoms. The van der Waals surface area contributed by atoms with E-state index in [0.717, 1.165) is 0 Å². The van der Waals surface area contributed by atoms with Crippen molar-refractivity contribution < 1.29 is 9.50 Å². The number of aliphatic hydroxyl groups excluding tert-OH is 1. The van der Waals surface area contributed by atoms with Crippen molar-refractivity contribution in [2.24, 2.45) is 0 Å². The number of likely N-dealkylation sites (N-methyl/N-ethyl adjacent to an activating group) is 1. The molecule has 0 saturated heterocycles. The summed E-state index contributed by atoms with van der Waals surface area (Å²) in [5.41, 5.74) is 0.537. The average molecular weight is 183 g/mol. The summed E-state index contributed by atoms with van der Waals surface area (Å²) in [6, 6.07) is 6.24. The van der Waals surface area contributed by atoms with E-state index in [2.05, 4.69) is 0 Å². The van der Waals surface area contributed by atoms with Gasteiger partial charge in [-0.1, -0.05) is 18.2 Å². The van der Waals surface area contributed by atoms with Crippen molar-refractivity contribution in [2.75, 3.05) is 20.7 Å². The molecule has 1 atom stereocenters. The zero-order chi connectivity index (χ0) is 9.84. The number of rotatable bonds is 3. The minimum Gasteiger partial charge on any atom is -0.394 e. The van der Waals surface area contributed by atoms with E-state index in [1.54, 1.807) is 23.1 Å². The maximum Gasteiger partial charge on any atom is 0.128 e. The Hall–Kier alpha value is -0.930. The van der Waals surface area contributed by atoms with Crippen molar-refractivity contribution in [1.82, 2.24) is 4.90 Å². The van der Waals surface area contributed by atoms with Gasteiger partial charge in [0.1, 0.15) is 5.82 Å². The Balaban J connectivity index is 2.97. The summed E-state index contributed by atoms with van der Waals surface area (Å²) >= 11 is 0. The van der Waals surface area contributed by atoms with Gasteiger partial charge in [-0.05, 0) is 20.2 Å². The predicted molar refractivity (Wildman–Crippen MR) is 49.9 cm³/mol. The lowest BCUT2D eigenvalue weighted by Gasteiger charge is -2.22. The van der Waals surface area contributed by atoms with Gasteiger partial charge >= 0.3 is 0 Å². The molecular formula is C10H14FNO. The fraction of sp³-hybridized carbons (Fsp3) is 0.400. The summed E-state index contributed by atoms with van der Waals surface area (Å²) in [5, 5.41) is 9.07. The van der Waals surface area contributed by atoms with Gasteiger partial charge in [0.25, 0.3) is 0 Å². The highest BCUT2D eigenvalue weighted by Crippen LogP contribution is 2.19. The lowest BCUT2D eigenvalue weighted by atomic mass is 10.1. The molecule has 1 aromatic rings. The van der Waals surface area contributed by atoms with Crippen LogP contribution < -0.4 is 0 Å². The first-order valence-electron chi connectivity index (χ1n) is 4.18. The third-order valence-corrected chi connectivity index (χ3v) is 2.06. The monoisotopic (exact) mass is 183 g/mol. The highest BCUT2D eigenvalue weighted by Gasteiger charge is 2.15. The minimum atomic E-state index is -0.268. The summed E-state index contributed by atoms with van der Waals surface area (Å²) < 4.78 is 13.2. The van der Waals surface area contributed by atoms with E-state index in [1.807, 2.05) is 14.1 Å². The van der Waals surface area contributed by atoms with Gasteiger partial charge in [0.2, 0.25) is 0 Å². The van der Waals surface area contributed by atoms with Gasteiger partial charge in [0.05, 0.1) is 12.6 Å². The number of benzene rings is 1. The second-order valence-electron chi connectivity index (χ2n) is 3.18. The fourth-order valence-corrected chi connectivity index (χ4v) is 1.29. The Kier molecular flexibility index (Phi) is 3.39. The summed E-state index contributed by atoms with van der Waals surface area (Å²) in [6.07, 6.45) is 0. The molecule has 1 rings (SSSR count). The maximum absolute atomic E-state index is 13.2. The molecule has 0 aliphatic rings. The summed E-state index contributed by atoms with van der Waals surface area (Å²) in [6.45, 7) is -0.0755. The molecule has 0 bridgehead atoms. The molecule has 0 fully saturated rings. The van der Waals surface area contributed by atoms with Crippen LogP contribution in [0.3, 0.4) is 0 Å². The molecule has 0 aliphatic carbocycles. The van der Waals surface area contributed by atoms with Crippen LogP contribution in [-0.2, 0) is 0 Å². The molecule has 72 valence electrons. The lowest BCUT2D eigenvalue weighted by molar-refractivity contribution is 0.167. The van der Waals surface area contributed by atoms with Gasteiger partial charge < -0.3 is 10.0 Å². The second-order valence-corrected chi connectivity index (χ2v) is 3.18. The largest absolute Gasteiger partial charge is 0.394 e. The first-order valence-corrected chi connectivity index (χ1v) is 4.18. The van der Waals surface area contributed by atoms with Crippen molar-refractivity contribution in [1.29, 1.82) is 0 Å². The normalized spacial score (nSPS) is 13.3. The van der Waals surface area contributed by atoms with Crippen molar-refractivity contribution in [3.05, 3.63) is 35.6 Å². The zero-order valence-electron chi connectivity index (χ0n) is 7.87. The number of aliphatic hydroxyl groups is 1. The molecule has 1 N–H and O–H groups in total. The molecule has 13 heavy (non-hydrogen) atoms. The standard InChI is InChI=1S/C10H14FNO/c1-12(2)10(7-13)8-5-3-4-6-9(8)11/h3-6,10,13H,7H2,1-2H3. The first-order chi connectivity index (χ1) is 6.16. The van der Waals surface area contributed by atoms with Gasteiger partial charge in [-0.2, -0.15) is 0 Å². The van der Waals surface area contributed by atoms with Crippen molar-refractivity contribution >= 4 is 0 Å². The maximum atomic E-state index is 13.2. The van der Waals surface area contributed by atoms with E-state index >= 15 is 0 Å². The van der Waals surface area contributed by atoms with Crippen LogP contribution in [-0.4, -0.2) is 30.7 Å². The van der Waals surface area contributed by atoms with Gasteiger partial charge in [0, 0.05) is 5.56 Å². The van der Waals surface area contributed by atoms with Gasteiger partial charge in [-0.25, -0.2) is 4.39 Å². The summed E-state index contributed by atoms with van der Waals surface area (Å²) in [7, 11) is 3.63. The highest BCUT2D eigenvalue weighted by molar-refractivity contribution is 5.21. The van der Waals surface area contributed by atoms with Crippen LogP contribution >= 0.6 is 0 Å². The van der Waals surface area contributed by atoms with E-state index in [0.29, 0.717) is 5.56 Å². The van der Waals surface area contributed by atoms with Crippen LogP contribution in [0.2, 0.25) is 0 Å². The van der Waals surface area contributed by atoms with Crippen molar-refractivity contribution in [3.63, 3.8) is 0 Å². The number of hydrogen-bond donors (Lipinski definition) is 1. The Labute approximate surface area is 77.6 Å². The second kappa shape index (κ2) is 4.35. The van der Waals surface area contributed by atoms with Crippen LogP contribution in [0.25, 0.3) is 0 Å². The third-order valence-electron chi connectivity index (χ3n) is 2.06. The van der Waals surface area contributed by atoms with Gasteiger partial charge in [0.15, 0.2) is 0 Å². The summed E-state index contributed by atoms with van der Waals surface area (Å²) in [5.74, 6) is -0.268. The van der Waals surface area contributed by atoms with E-state index in [-0.39, 0.29) is 18.5 Å². The zero-order valence-corrected chi connectivity index (χ0v) is 7.87. The molecule has 1 unspecified atom stereocenters. The van der Waals surface area contributed by atoms with Crippen LogP contribution in [0.4, 0.5) is 4.39 Å². The predicted octanol–water partition coefficient (Wildman–Crippen LogP) is 1.42. The van der Waals surface area contributed by atoms with Gasteiger partial charge in [-0.15, -0.1) is 0 Å². The van der Waals surface area contributed by atoms with E-state index in [4.69, 9.17) is 5.11 Å². The Morgan fingerprint density at radius 3 is 2.46 bits per heavy atom. The third kappa shape index (κ3) is 2.26. The molecule has 0 aliphatic heterocycles.